The van der Waals surface area contributed by atoms with Gasteiger partial charge in [-0.1, -0.05) is 30.3 Å². The number of ether oxygens (including phenoxy) is 1. The molecule has 0 spiro atoms. The lowest BCUT2D eigenvalue weighted by molar-refractivity contribution is 0.0937. The Kier molecular flexibility index (Phi) is 7.96. The maximum Gasteiger partial charge on any atom is 0.261 e. The van der Waals surface area contributed by atoms with Gasteiger partial charge in [0.25, 0.3) is 15.9 Å². The molecule has 1 heterocycles. The third-order valence-corrected chi connectivity index (χ3v) is 7.95. The summed E-state index contributed by atoms with van der Waals surface area (Å²) < 4.78 is 33.9. The van der Waals surface area contributed by atoms with E-state index in [1.54, 1.807) is 38.3 Å². The van der Waals surface area contributed by atoms with E-state index in [-0.39, 0.29) is 16.8 Å². The first-order valence-electron chi connectivity index (χ1n) is 12.1. The molecule has 4 rings (SSSR count). The number of aryl methyl sites for hydroxylation is 2. The van der Waals surface area contributed by atoms with E-state index in [9.17, 15) is 13.2 Å². The zero-order chi connectivity index (χ0) is 25.7. The first kappa shape index (κ1) is 25.7. The molecular weight excluding hydrogens is 474 g/mol. The normalized spacial score (nSPS) is 14.9. The fraction of sp³-hybridized carbons (Fsp3) is 0.321. The van der Waals surface area contributed by atoms with Crippen molar-refractivity contribution in [3.05, 3.63) is 89.0 Å². The number of nitrogens with one attached hydrogen (secondary N) is 2. The maximum atomic E-state index is 13.2. The van der Waals surface area contributed by atoms with Crippen molar-refractivity contribution >= 4 is 21.6 Å². The molecule has 0 aromatic heterocycles. The summed E-state index contributed by atoms with van der Waals surface area (Å²) in [5.74, 6) is 0.494. The highest BCUT2D eigenvalue weighted by molar-refractivity contribution is 7.92. The van der Waals surface area contributed by atoms with Crippen LogP contribution in [0, 0.1) is 13.8 Å². The van der Waals surface area contributed by atoms with E-state index in [1.165, 1.54) is 12.1 Å². The van der Waals surface area contributed by atoms with E-state index < -0.39 is 10.0 Å². The number of hydrogen-bond donors (Lipinski definition) is 2. The van der Waals surface area contributed by atoms with Crippen LogP contribution in [0.15, 0.2) is 71.6 Å². The number of hydrogen-bond acceptors (Lipinski definition) is 5. The standard InChI is InChI=1S/C28H33N3O4S/c1-20-7-6-8-23(17-20)30-36(33,34)25-14-9-21(2)26(18-25)28(32)29-19-27(31-15-4-5-16-31)22-10-12-24(35-3)13-11-22/h6-14,17-18,27,30H,4-5,15-16,19H2,1-3H3,(H,29,32)/t27-/m0/s1. The number of nitrogens with zero attached hydrogens (tertiary/aromatic N) is 1. The Balaban J connectivity index is 1.52. The second kappa shape index (κ2) is 11.1. The molecule has 0 bridgehead atoms. The summed E-state index contributed by atoms with van der Waals surface area (Å²) >= 11 is 0. The Morgan fingerprint density at radius 1 is 1.00 bits per heavy atom. The molecule has 7 nitrogen and oxygen atoms in total. The smallest absolute Gasteiger partial charge is 0.261 e. The second-order valence-corrected chi connectivity index (χ2v) is 10.9. The SMILES string of the molecule is COc1ccc([C@H](CNC(=O)c2cc(S(=O)(=O)Nc3cccc(C)c3)ccc2C)N2CCCC2)cc1. The van der Waals surface area contributed by atoms with E-state index in [0.717, 1.165) is 42.8 Å². The zero-order valence-corrected chi connectivity index (χ0v) is 21.8. The lowest BCUT2D eigenvalue weighted by Crippen LogP contribution is -2.37. The van der Waals surface area contributed by atoms with Gasteiger partial charge in [0.05, 0.1) is 18.0 Å². The van der Waals surface area contributed by atoms with Crippen LogP contribution in [-0.4, -0.2) is 46.0 Å². The molecular formula is C28H33N3O4S. The highest BCUT2D eigenvalue weighted by Crippen LogP contribution is 2.27. The fourth-order valence-electron chi connectivity index (χ4n) is 4.56. The molecule has 0 aliphatic carbocycles. The van der Waals surface area contributed by atoms with Gasteiger partial charge < -0.3 is 10.1 Å². The predicted molar refractivity (Wildman–Crippen MR) is 142 cm³/mol. The Labute approximate surface area is 213 Å². The Bertz CT molecular complexity index is 1320. The molecule has 2 N–H and O–H groups in total. The van der Waals surface area contributed by atoms with Crippen molar-refractivity contribution in [2.45, 2.75) is 37.6 Å². The predicted octanol–water partition coefficient (Wildman–Crippen LogP) is 4.68. The van der Waals surface area contributed by atoms with Crippen LogP contribution in [-0.2, 0) is 10.0 Å². The lowest BCUT2D eigenvalue weighted by Gasteiger charge is -2.28. The average Bonchev–Trinajstić information content (AvgIpc) is 3.39. The molecule has 36 heavy (non-hydrogen) atoms. The number of methoxy groups -OCH3 is 1. The minimum Gasteiger partial charge on any atom is -0.497 e. The number of sulfonamides is 1. The Hall–Kier alpha value is -3.36. The molecule has 0 radical (unpaired) electrons. The summed E-state index contributed by atoms with van der Waals surface area (Å²) in [7, 11) is -2.21. The summed E-state index contributed by atoms with van der Waals surface area (Å²) in [5.41, 5.74) is 3.59. The summed E-state index contributed by atoms with van der Waals surface area (Å²) in [4.78, 5) is 15.7. The van der Waals surface area contributed by atoms with Gasteiger partial charge in [-0.25, -0.2) is 8.42 Å². The van der Waals surface area contributed by atoms with Crippen LogP contribution in [0.2, 0.25) is 0 Å². The minimum absolute atomic E-state index is 0.0255. The Morgan fingerprint density at radius 2 is 1.72 bits per heavy atom. The van der Waals surface area contributed by atoms with E-state index >= 15 is 0 Å². The zero-order valence-electron chi connectivity index (χ0n) is 21.0. The number of carbonyl (C=O) groups is 1. The molecule has 1 amide bonds. The van der Waals surface area contributed by atoms with Gasteiger partial charge in [0, 0.05) is 17.8 Å². The van der Waals surface area contributed by atoms with E-state index in [4.69, 9.17) is 4.74 Å². The summed E-state index contributed by atoms with van der Waals surface area (Å²) in [6, 6.07) is 19.7. The number of amides is 1. The van der Waals surface area contributed by atoms with Gasteiger partial charge in [-0.2, -0.15) is 0 Å². The minimum atomic E-state index is -3.85. The van der Waals surface area contributed by atoms with Gasteiger partial charge in [-0.3, -0.25) is 14.4 Å². The quantitative estimate of drug-likeness (QED) is 0.439. The highest BCUT2D eigenvalue weighted by Gasteiger charge is 2.25. The first-order chi connectivity index (χ1) is 17.3. The lowest BCUT2D eigenvalue weighted by atomic mass is 10.0. The number of rotatable bonds is 9. The van der Waals surface area contributed by atoms with Crippen LogP contribution in [0.25, 0.3) is 0 Å². The molecule has 1 aliphatic heterocycles. The molecule has 3 aromatic carbocycles. The monoisotopic (exact) mass is 507 g/mol. The molecule has 190 valence electrons. The summed E-state index contributed by atoms with van der Waals surface area (Å²) in [6.07, 6.45) is 2.26. The van der Waals surface area contributed by atoms with Crippen molar-refractivity contribution in [2.75, 3.05) is 31.5 Å². The summed E-state index contributed by atoms with van der Waals surface area (Å²) in [6.45, 7) is 6.07. The number of benzene rings is 3. The molecule has 1 aliphatic rings. The summed E-state index contributed by atoms with van der Waals surface area (Å²) in [5, 5.41) is 3.05. The van der Waals surface area contributed by atoms with Crippen LogP contribution in [0.5, 0.6) is 5.75 Å². The van der Waals surface area contributed by atoms with Crippen molar-refractivity contribution < 1.29 is 17.9 Å². The molecule has 3 aromatic rings. The van der Waals surface area contributed by atoms with Crippen LogP contribution >= 0.6 is 0 Å². The van der Waals surface area contributed by atoms with Gasteiger partial charge in [-0.05, 0) is 92.9 Å². The number of carbonyl (C=O) groups excluding carboxylic acids is 1. The van der Waals surface area contributed by atoms with Crippen LogP contribution < -0.4 is 14.8 Å². The topological polar surface area (TPSA) is 87.7 Å². The van der Waals surface area contributed by atoms with Crippen molar-refractivity contribution in [1.82, 2.24) is 10.2 Å². The number of likely N-dealkylation sites (tertiary alicyclic amines) is 1. The highest BCUT2D eigenvalue weighted by atomic mass is 32.2. The van der Waals surface area contributed by atoms with Gasteiger partial charge in [0.2, 0.25) is 0 Å². The van der Waals surface area contributed by atoms with Crippen molar-refractivity contribution in [3.63, 3.8) is 0 Å². The van der Waals surface area contributed by atoms with Gasteiger partial charge in [-0.15, -0.1) is 0 Å². The van der Waals surface area contributed by atoms with Crippen LogP contribution in [0.1, 0.15) is 45.9 Å². The van der Waals surface area contributed by atoms with E-state index in [1.807, 2.05) is 37.3 Å². The van der Waals surface area contributed by atoms with E-state index in [2.05, 4.69) is 14.9 Å². The first-order valence-corrected chi connectivity index (χ1v) is 13.6. The Morgan fingerprint density at radius 3 is 2.39 bits per heavy atom. The largest absolute Gasteiger partial charge is 0.497 e. The fourth-order valence-corrected chi connectivity index (χ4v) is 5.63. The molecule has 0 saturated carbocycles. The molecule has 1 fully saturated rings. The van der Waals surface area contributed by atoms with Gasteiger partial charge in [0.15, 0.2) is 0 Å². The van der Waals surface area contributed by atoms with E-state index in [0.29, 0.717) is 23.4 Å². The van der Waals surface area contributed by atoms with Crippen molar-refractivity contribution in [2.24, 2.45) is 0 Å². The molecule has 1 atom stereocenters. The van der Waals surface area contributed by atoms with Crippen molar-refractivity contribution in [1.29, 1.82) is 0 Å². The molecule has 8 heteroatoms. The third kappa shape index (κ3) is 6.06. The van der Waals surface area contributed by atoms with Gasteiger partial charge >= 0.3 is 0 Å². The number of anilines is 1. The molecule has 0 unspecified atom stereocenters. The van der Waals surface area contributed by atoms with Crippen LogP contribution in [0.3, 0.4) is 0 Å². The van der Waals surface area contributed by atoms with Crippen molar-refractivity contribution in [3.8, 4) is 5.75 Å². The average molecular weight is 508 g/mol. The third-order valence-electron chi connectivity index (χ3n) is 6.57. The second-order valence-electron chi connectivity index (χ2n) is 9.19. The van der Waals surface area contributed by atoms with Gasteiger partial charge in [0.1, 0.15) is 5.75 Å². The van der Waals surface area contributed by atoms with Crippen LogP contribution in [0.4, 0.5) is 5.69 Å². The molecule has 1 saturated heterocycles. The maximum absolute atomic E-state index is 13.2.